The average molecular weight is 286 g/mol. The molecule has 1 aliphatic heterocycles. The SMILES string of the molecule is Cc1ccc(C#CCO)c(C(=O)NC2CCCN(C)C2)c1. The minimum absolute atomic E-state index is 0.0822. The number of aliphatic hydroxyl groups excluding tert-OH is 1. The van der Waals surface area contributed by atoms with Gasteiger partial charge in [-0.3, -0.25) is 4.79 Å². The van der Waals surface area contributed by atoms with Crippen LogP contribution in [0.4, 0.5) is 0 Å². The van der Waals surface area contributed by atoms with E-state index in [4.69, 9.17) is 5.11 Å². The molecule has 1 unspecified atom stereocenters. The van der Waals surface area contributed by atoms with Gasteiger partial charge in [-0.05, 0) is 45.5 Å². The third-order valence-electron chi connectivity index (χ3n) is 3.68. The molecule has 4 nitrogen and oxygen atoms in total. The number of nitrogens with zero attached hydrogens (tertiary/aromatic N) is 1. The quantitative estimate of drug-likeness (QED) is 0.802. The molecule has 0 aromatic heterocycles. The first-order chi connectivity index (χ1) is 10.1. The summed E-state index contributed by atoms with van der Waals surface area (Å²) in [5.41, 5.74) is 2.27. The van der Waals surface area contributed by atoms with Crippen molar-refractivity contribution in [2.75, 3.05) is 26.7 Å². The molecule has 1 fully saturated rings. The molecule has 0 spiro atoms. The van der Waals surface area contributed by atoms with Crippen LogP contribution in [0, 0.1) is 18.8 Å². The fourth-order valence-electron chi connectivity index (χ4n) is 2.64. The Hall–Kier alpha value is -1.83. The molecule has 1 heterocycles. The molecule has 2 rings (SSSR count). The number of carbonyl (C=O) groups is 1. The number of amides is 1. The van der Waals surface area contributed by atoms with Gasteiger partial charge < -0.3 is 15.3 Å². The summed E-state index contributed by atoms with van der Waals surface area (Å²) < 4.78 is 0. The van der Waals surface area contributed by atoms with E-state index in [1.165, 1.54) is 0 Å². The Morgan fingerprint density at radius 2 is 2.33 bits per heavy atom. The van der Waals surface area contributed by atoms with E-state index in [0.29, 0.717) is 11.1 Å². The van der Waals surface area contributed by atoms with E-state index < -0.39 is 0 Å². The minimum Gasteiger partial charge on any atom is -0.384 e. The molecule has 1 atom stereocenters. The molecule has 0 bridgehead atoms. The van der Waals surface area contributed by atoms with Gasteiger partial charge in [-0.2, -0.15) is 0 Å². The van der Waals surface area contributed by atoms with Crippen LogP contribution in [0.5, 0.6) is 0 Å². The Bertz CT molecular complexity index is 572. The zero-order valence-electron chi connectivity index (χ0n) is 12.6. The maximum Gasteiger partial charge on any atom is 0.252 e. The van der Waals surface area contributed by atoms with Crippen LogP contribution in [0.2, 0.25) is 0 Å². The van der Waals surface area contributed by atoms with E-state index in [-0.39, 0.29) is 18.6 Å². The van der Waals surface area contributed by atoms with Crippen molar-refractivity contribution < 1.29 is 9.90 Å². The maximum absolute atomic E-state index is 12.5. The number of aliphatic hydroxyl groups is 1. The van der Waals surface area contributed by atoms with E-state index in [0.717, 1.165) is 31.5 Å². The smallest absolute Gasteiger partial charge is 0.252 e. The molecule has 1 saturated heterocycles. The van der Waals surface area contributed by atoms with Gasteiger partial charge in [-0.15, -0.1) is 0 Å². The zero-order chi connectivity index (χ0) is 15.2. The summed E-state index contributed by atoms with van der Waals surface area (Å²) in [7, 11) is 2.07. The second kappa shape index (κ2) is 7.26. The first-order valence-corrected chi connectivity index (χ1v) is 7.30. The van der Waals surface area contributed by atoms with Gasteiger partial charge >= 0.3 is 0 Å². The predicted molar refractivity (Wildman–Crippen MR) is 83.1 cm³/mol. The number of nitrogens with one attached hydrogen (secondary N) is 1. The molecule has 1 aromatic carbocycles. The third-order valence-corrected chi connectivity index (χ3v) is 3.68. The predicted octanol–water partition coefficient (Wildman–Crippen LogP) is 1.16. The number of rotatable bonds is 2. The Kier molecular flexibility index (Phi) is 5.38. The van der Waals surface area contributed by atoms with E-state index in [2.05, 4.69) is 29.1 Å². The molecular weight excluding hydrogens is 264 g/mol. The number of likely N-dealkylation sites (tertiary alicyclic amines) is 1. The summed E-state index contributed by atoms with van der Waals surface area (Å²) >= 11 is 0. The van der Waals surface area contributed by atoms with Crippen molar-refractivity contribution in [3.63, 3.8) is 0 Å². The Morgan fingerprint density at radius 1 is 1.52 bits per heavy atom. The second-order valence-corrected chi connectivity index (χ2v) is 5.58. The normalized spacial score (nSPS) is 18.7. The summed E-state index contributed by atoms with van der Waals surface area (Å²) in [5.74, 6) is 5.37. The van der Waals surface area contributed by atoms with Crippen LogP contribution in [0.1, 0.15) is 34.3 Å². The van der Waals surface area contributed by atoms with Crippen LogP contribution in [0.25, 0.3) is 0 Å². The first-order valence-electron chi connectivity index (χ1n) is 7.30. The van der Waals surface area contributed by atoms with Crippen molar-refractivity contribution in [1.82, 2.24) is 10.2 Å². The van der Waals surface area contributed by atoms with E-state index in [1.807, 2.05) is 25.1 Å². The Balaban J connectivity index is 2.15. The molecule has 2 N–H and O–H groups in total. The fourth-order valence-corrected chi connectivity index (χ4v) is 2.64. The van der Waals surface area contributed by atoms with Crippen molar-refractivity contribution in [3.8, 4) is 11.8 Å². The number of aryl methyl sites for hydroxylation is 1. The molecule has 1 aliphatic rings. The lowest BCUT2D eigenvalue weighted by atomic mass is 10.0. The van der Waals surface area contributed by atoms with Crippen LogP contribution in [-0.2, 0) is 0 Å². The van der Waals surface area contributed by atoms with Gasteiger partial charge in [0.2, 0.25) is 0 Å². The van der Waals surface area contributed by atoms with E-state index >= 15 is 0 Å². The van der Waals surface area contributed by atoms with Crippen molar-refractivity contribution in [2.24, 2.45) is 0 Å². The summed E-state index contributed by atoms with van der Waals surface area (Å²) in [4.78, 5) is 14.7. The number of carbonyl (C=O) groups excluding carboxylic acids is 1. The Labute approximate surface area is 126 Å². The fraction of sp³-hybridized carbons (Fsp3) is 0.471. The summed E-state index contributed by atoms with van der Waals surface area (Å²) in [6, 6.07) is 5.80. The molecule has 0 saturated carbocycles. The molecule has 1 amide bonds. The van der Waals surface area contributed by atoms with E-state index in [1.54, 1.807) is 0 Å². The zero-order valence-corrected chi connectivity index (χ0v) is 12.6. The largest absolute Gasteiger partial charge is 0.384 e. The van der Waals surface area contributed by atoms with Gasteiger partial charge in [0, 0.05) is 18.2 Å². The van der Waals surface area contributed by atoms with Crippen LogP contribution in [-0.4, -0.2) is 48.7 Å². The maximum atomic E-state index is 12.5. The summed E-state index contributed by atoms with van der Waals surface area (Å²) in [5, 5.41) is 11.9. The first kappa shape index (κ1) is 15.6. The minimum atomic E-state index is -0.206. The topological polar surface area (TPSA) is 52.6 Å². The summed E-state index contributed by atoms with van der Waals surface area (Å²) in [6.45, 7) is 3.72. The second-order valence-electron chi connectivity index (χ2n) is 5.58. The van der Waals surface area contributed by atoms with Gasteiger partial charge in [0.25, 0.3) is 5.91 Å². The molecule has 1 aromatic rings. The third kappa shape index (κ3) is 4.32. The van der Waals surface area contributed by atoms with Crippen molar-refractivity contribution in [1.29, 1.82) is 0 Å². The highest BCUT2D eigenvalue weighted by Crippen LogP contribution is 2.13. The Morgan fingerprint density at radius 3 is 3.05 bits per heavy atom. The standard InChI is InChI=1S/C17H22N2O2/c1-13-7-8-14(5-4-10-20)16(11-13)17(21)18-15-6-3-9-19(2)12-15/h7-8,11,15,20H,3,6,9-10,12H2,1-2H3,(H,18,21). The highest BCUT2D eigenvalue weighted by atomic mass is 16.2. The van der Waals surface area contributed by atoms with Crippen molar-refractivity contribution in [2.45, 2.75) is 25.8 Å². The molecule has 0 radical (unpaired) electrons. The number of benzene rings is 1. The monoisotopic (exact) mass is 286 g/mol. The molecule has 112 valence electrons. The number of hydrogen-bond acceptors (Lipinski definition) is 3. The highest BCUT2D eigenvalue weighted by Gasteiger charge is 2.20. The molecule has 0 aliphatic carbocycles. The summed E-state index contributed by atoms with van der Waals surface area (Å²) in [6.07, 6.45) is 2.12. The lowest BCUT2D eigenvalue weighted by Gasteiger charge is -2.30. The van der Waals surface area contributed by atoms with Gasteiger partial charge in [0.1, 0.15) is 6.61 Å². The van der Waals surface area contributed by atoms with Gasteiger partial charge in [-0.25, -0.2) is 0 Å². The lowest BCUT2D eigenvalue weighted by molar-refractivity contribution is 0.0912. The molecule has 4 heteroatoms. The van der Waals surface area contributed by atoms with Crippen LogP contribution < -0.4 is 5.32 Å². The van der Waals surface area contributed by atoms with Crippen LogP contribution in [0.15, 0.2) is 18.2 Å². The number of likely N-dealkylation sites (N-methyl/N-ethyl adjacent to an activating group) is 1. The highest BCUT2D eigenvalue weighted by molar-refractivity contribution is 5.97. The molecule has 21 heavy (non-hydrogen) atoms. The van der Waals surface area contributed by atoms with E-state index in [9.17, 15) is 4.79 Å². The number of piperidine rings is 1. The van der Waals surface area contributed by atoms with Gasteiger partial charge in [0.05, 0.1) is 5.56 Å². The van der Waals surface area contributed by atoms with Gasteiger partial charge in [0.15, 0.2) is 0 Å². The lowest BCUT2D eigenvalue weighted by Crippen LogP contribution is -2.46. The van der Waals surface area contributed by atoms with Crippen LogP contribution >= 0.6 is 0 Å². The number of hydrogen-bond donors (Lipinski definition) is 2. The van der Waals surface area contributed by atoms with Crippen molar-refractivity contribution in [3.05, 3.63) is 34.9 Å². The van der Waals surface area contributed by atoms with Crippen LogP contribution in [0.3, 0.4) is 0 Å². The van der Waals surface area contributed by atoms with Gasteiger partial charge in [-0.1, -0.05) is 23.5 Å². The molecular formula is C17H22N2O2. The van der Waals surface area contributed by atoms with Crippen molar-refractivity contribution >= 4 is 5.91 Å². The average Bonchev–Trinajstić information content (AvgIpc) is 2.46.